The number of aryl methyl sites for hydroxylation is 1. The molecule has 2 rings (SSSR count). The van der Waals surface area contributed by atoms with E-state index in [1.54, 1.807) is 18.2 Å². The molecule has 6 heteroatoms. The van der Waals surface area contributed by atoms with Gasteiger partial charge in [-0.25, -0.2) is 9.18 Å². The van der Waals surface area contributed by atoms with Crippen LogP contribution in [0.1, 0.15) is 18.1 Å². The van der Waals surface area contributed by atoms with Crippen molar-refractivity contribution in [2.24, 2.45) is 0 Å². The van der Waals surface area contributed by atoms with Gasteiger partial charge in [0.25, 0.3) is 5.91 Å². The normalized spacial score (nSPS) is 11.8. The van der Waals surface area contributed by atoms with Gasteiger partial charge in [-0.3, -0.25) is 4.79 Å². The van der Waals surface area contributed by atoms with Gasteiger partial charge >= 0.3 is 5.97 Å². The Labute approximate surface area is 151 Å². The summed E-state index contributed by atoms with van der Waals surface area (Å²) in [5.74, 6) is -1.56. The van der Waals surface area contributed by atoms with Crippen LogP contribution in [-0.2, 0) is 14.3 Å². The van der Waals surface area contributed by atoms with Gasteiger partial charge in [0.05, 0.1) is 7.11 Å². The Morgan fingerprint density at radius 3 is 2.46 bits per heavy atom. The van der Waals surface area contributed by atoms with Crippen LogP contribution in [0.3, 0.4) is 0 Å². The van der Waals surface area contributed by atoms with E-state index < -0.39 is 23.8 Å². The number of methoxy groups -OCH3 is 1. The summed E-state index contributed by atoms with van der Waals surface area (Å²) in [5.41, 5.74) is 2.16. The lowest BCUT2D eigenvalue weighted by molar-refractivity contribution is -0.148. The summed E-state index contributed by atoms with van der Waals surface area (Å²) in [6, 6.07) is 11.5. The number of carbonyl (C=O) groups excluding carboxylic acids is 2. The van der Waals surface area contributed by atoms with E-state index in [-0.39, 0.29) is 5.75 Å². The van der Waals surface area contributed by atoms with Crippen molar-refractivity contribution in [3.63, 3.8) is 0 Å². The quantitative estimate of drug-likeness (QED) is 0.632. The Morgan fingerprint density at radius 2 is 1.85 bits per heavy atom. The van der Waals surface area contributed by atoms with E-state index in [0.29, 0.717) is 11.3 Å². The molecular formula is C20H20FNO4. The molecule has 1 N–H and O–H groups in total. The van der Waals surface area contributed by atoms with Crippen LogP contribution in [0.15, 0.2) is 48.5 Å². The first-order valence-electron chi connectivity index (χ1n) is 7.99. The number of amides is 1. The van der Waals surface area contributed by atoms with Gasteiger partial charge in [-0.2, -0.15) is 0 Å². The molecule has 1 amide bonds. The maximum absolute atomic E-state index is 13.6. The van der Waals surface area contributed by atoms with Crippen molar-refractivity contribution in [1.29, 1.82) is 0 Å². The minimum Gasteiger partial charge on any atom is -0.494 e. The third-order valence-corrected chi connectivity index (χ3v) is 3.57. The van der Waals surface area contributed by atoms with Crippen molar-refractivity contribution in [3.05, 3.63) is 65.5 Å². The second-order valence-electron chi connectivity index (χ2n) is 5.66. The Hall–Kier alpha value is -3.15. The minimum absolute atomic E-state index is 0.117. The summed E-state index contributed by atoms with van der Waals surface area (Å²) >= 11 is 0. The number of ether oxygens (including phenoxy) is 2. The van der Waals surface area contributed by atoms with Gasteiger partial charge in [-0.05, 0) is 49.8 Å². The first kappa shape index (κ1) is 19.2. The van der Waals surface area contributed by atoms with Crippen LogP contribution in [0, 0.1) is 12.7 Å². The molecule has 0 fully saturated rings. The number of hydrogen-bond donors (Lipinski definition) is 1. The number of anilines is 1. The number of halogens is 1. The van der Waals surface area contributed by atoms with E-state index in [4.69, 9.17) is 9.47 Å². The predicted octanol–water partition coefficient (Wildman–Crippen LogP) is 3.73. The Balaban J connectivity index is 1.90. The second-order valence-corrected chi connectivity index (χ2v) is 5.66. The molecule has 2 aromatic carbocycles. The highest BCUT2D eigenvalue weighted by atomic mass is 19.1. The minimum atomic E-state index is -0.971. The van der Waals surface area contributed by atoms with Crippen LogP contribution < -0.4 is 10.1 Å². The standard InChI is InChI=1S/C20H20FNO4/c1-13-4-8-16(9-5-13)22-20(24)14(2)26-19(23)11-7-15-6-10-18(25-3)17(21)12-15/h4-12,14H,1-3H3,(H,22,24)/b11-7+/t14-/m0/s1. The van der Waals surface area contributed by atoms with Gasteiger partial charge in [0.15, 0.2) is 17.7 Å². The van der Waals surface area contributed by atoms with Crippen LogP contribution >= 0.6 is 0 Å². The van der Waals surface area contributed by atoms with Gasteiger partial charge in [-0.1, -0.05) is 23.8 Å². The molecule has 0 heterocycles. The molecule has 0 saturated carbocycles. The number of rotatable bonds is 6. The molecule has 136 valence electrons. The van der Waals surface area contributed by atoms with Gasteiger partial charge in [-0.15, -0.1) is 0 Å². The Kier molecular flexibility index (Phi) is 6.49. The molecule has 0 spiro atoms. The molecule has 0 unspecified atom stereocenters. The number of benzene rings is 2. The zero-order valence-electron chi connectivity index (χ0n) is 14.8. The van der Waals surface area contributed by atoms with Crippen molar-refractivity contribution in [3.8, 4) is 5.75 Å². The molecule has 0 saturated heterocycles. The molecule has 0 radical (unpaired) electrons. The molecular weight excluding hydrogens is 337 g/mol. The molecule has 0 aliphatic heterocycles. The van der Waals surface area contributed by atoms with E-state index >= 15 is 0 Å². The van der Waals surface area contributed by atoms with Crippen molar-refractivity contribution in [2.75, 3.05) is 12.4 Å². The third-order valence-electron chi connectivity index (χ3n) is 3.57. The molecule has 0 aromatic heterocycles. The zero-order chi connectivity index (χ0) is 19.1. The average Bonchev–Trinajstić information content (AvgIpc) is 2.62. The highest BCUT2D eigenvalue weighted by Gasteiger charge is 2.16. The Morgan fingerprint density at radius 1 is 1.15 bits per heavy atom. The van der Waals surface area contributed by atoms with E-state index in [0.717, 1.165) is 11.6 Å². The SMILES string of the molecule is COc1ccc(/C=C/C(=O)O[C@@H](C)C(=O)Nc2ccc(C)cc2)cc1F. The summed E-state index contributed by atoms with van der Waals surface area (Å²) in [4.78, 5) is 23.9. The topological polar surface area (TPSA) is 64.6 Å². The average molecular weight is 357 g/mol. The summed E-state index contributed by atoms with van der Waals surface area (Å²) in [6.45, 7) is 3.42. The van der Waals surface area contributed by atoms with E-state index in [1.807, 2.05) is 19.1 Å². The van der Waals surface area contributed by atoms with Crippen molar-refractivity contribution >= 4 is 23.6 Å². The van der Waals surface area contributed by atoms with Crippen LogP contribution in [-0.4, -0.2) is 25.1 Å². The molecule has 2 aromatic rings. The van der Waals surface area contributed by atoms with Crippen LogP contribution in [0.2, 0.25) is 0 Å². The fraction of sp³-hybridized carbons (Fsp3) is 0.200. The molecule has 1 atom stereocenters. The molecule has 26 heavy (non-hydrogen) atoms. The highest BCUT2D eigenvalue weighted by Crippen LogP contribution is 2.18. The number of esters is 1. The molecule has 0 bridgehead atoms. The van der Waals surface area contributed by atoms with Crippen LogP contribution in [0.4, 0.5) is 10.1 Å². The van der Waals surface area contributed by atoms with Gasteiger partial charge in [0.2, 0.25) is 0 Å². The lowest BCUT2D eigenvalue weighted by Gasteiger charge is -2.12. The van der Waals surface area contributed by atoms with E-state index in [2.05, 4.69) is 5.32 Å². The maximum atomic E-state index is 13.6. The second kappa shape index (κ2) is 8.80. The number of hydrogen-bond acceptors (Lipinski definition) is 4. The number of nitrogens with one attached hydrogen (secondary N) is 1. The summed E-state index contributed by atoms with van der Waals surface area (Å²) < 4.78 is 23.5. The fourth-order valence-corrected chi connectivity index (χ4v) is 2.10. The first-order chi connectivity index (χ1) is 12.4. The highest BCUT2D eigenvalue weighted by molar-refractivity contribution is 5.96. The summed E-state index contributed by atoms with van der Waals surface area (Å²) in [5, 5.41) is 2.66. The zero-order valence-corrected chi connectivity index (χ0v) is 14.8. The van der Waals surface area contributed by atoms with E-state index in [9.17, 15) is 14.0 Å². The van der Waals surface area contributed by atoms with Gasteiger partial charge in [0, 0.05) is 11.8 Å². The van der Waals surface area contributed by atoms with Crippen molar-refractivity contribution in [1.82, 2.24) is 0 Å². The predicted molar refractivity (Wildman–Crippen MR) is 97.3 cm³/mol. The van der Waals surface area contributed by atoms with Crippen molar-refractivity contribution in [2.45, 2.75) is 20.0 Å². The summed E-state index contributed by atoms with van der Waals surface area (Å²) in [6.07, 6.45) is 1.56. The Bertz CT molecular complexity index is 815. The molecule has 0 aliphatic rings. The first-order valence-corrected chi connectivity index (χ1v) is 7.99. The third kappa shape index (κ3) is 5.44. The van der Waals surface area contributed by atoms with Crippen LogP contribution in [0.25, 0.3) is 6.08 Å². The lowest BCUT2D eigenvalue weighted by Crippen LogP contribution is -2.29. The monoisotopic (exact) mass is 357 g/mol. The van der Waals surface area contributed by atoms with Gasteiger partial charge < -0.3 is 14.8 Å². The maximum Gasteiger partial charge on any atom is 0.331 e. The van der Waals surface area contributed by atoms with E-state index in [1.165, 1.54) is 32.2 Å². The number of carbonyl (C=O) groups is 2. The molecule has 5 nitrogen and oxygen atoms in total. The molecule has 0 aliphatic carbocycles. The summed E-state index contributed by atoms with van der Waals surface area (Å²) in [7, 11) is 1.37. The van der Waals surface area contributed by atoms with Crippen LogP contribution in [0.5, 0.6) is 5.75 Å². The van der Waals surface area contributed by atoms with Gasteiger partial charge in [0.1, 0.15) is 0 Å². The fourth-order valence-electron chi connectivity index (χ4n) is 2.10. The largest absolute Gasteiger partial charge is 0.494 e. The lowest BCUT2D eigenvalue weighted by atomic mass is 10.2. The van der Waals surface area contributed by atoms with Crippen molar-refractivity contribution < 1.29 is 23.5 Å². The smallest absolute Gasteiger partial charge is 0.331 e.